The van der Waals surface area contributed by atoms with Gasteiger partial charge in [-0.15, -0.1) is 11.8 Å². The number of aromatic amines is 1. The molecule has 4 nitrogen and oxygen atoms in total. The van der Waals surface area contributed by atoms with E-state index in [4.69, 9.17) is 0 Å². The molecule has 19 heavy (non-hydrogen) atoms. The maximum absolute atomic E-state index is 13.4. The first-order valence-electron chi connectivity index (χ1n) is 5.82. The summed E-state index contributed by atoms with van der Waals surface area (Å²) in [6.07, 6.45) is 3.39. The summed E-state index contributed by atoms with van der Waals surface area (Å²) >= 11 is 1.18. The zero-order valence-corrected chi connectivity index (χ0v) is 11.2. The van der Waals surface area contributed by atoms with Crippen LogP contribution in [0.25, 0.3) is 0 Å². The summed E-state index contributed by atoms with van der Waals surface area (Å²) in [7, 11) is 0. The Labute approximate surface area is 114 Å². The Morgan fingerprint density at radius 1 is 1.53 bits per heavy atom. The van der Waals surface area contributed by atoms with Crippen molar-refractivity contribution < 1.29 is 9.18 Å². The highest BCUT2D eigenvalue weighted by atomic mass is 32.2. The zero-order valence-electron chi connectivity index (χ0n) is 10.4. The predicted octanol–water partition coefficient (Wildman–Crippen LogP) is 2.52. The molecule has 1 heterocycles. The van der Waals surface area contributed by atoms with E-state index in [1.807, 2.05) is 6.92 Å². The molecule has 0 aliphatic carbocycles. The summed E-state index contributed by atoms with van der Waals surface area (Å²) in [6.45, 7) is 1.87. The van der Waals surface area contributed by atoms with Gasteiger partial charge in [-0.1, -0.05) is 12.1 Å². The minimum absolute atomic E-state index is 0.118. The number of hydrogen-bond acceptors (Lipinski definition) is 3. The van der Waals surface area contributed by atoms with Crippen LogP contribution >= 0.6 is 11.8 Å². The molecule has 0 fully saturated rings. The van der Waals surface area contributed by atoms with Gasteiger partial charge in [-0.05, 0) is 19.1 Å². The fraction of sp³-hybridized carbons (Fsp3) is 0.231. The minimum Gasteiger partial charge on any atom is -0.349 e. The van der Waals surface area contributed by atoms with Crippen molar-refractivity contribution >= 4 is 17.7 Å². The Morgan fingerprint density at radius 3 is 3.00 bits per heavy atom. The van der Waals surface area contributed by atoms with Crippen LogP contribution in [0.15, 0.2) is 41.6 Å². The van der Waals surface area contributed by atoms with E-state index in [2.05, 4.69) is 15.5 Å². The van der Waals surface area contributed by atoms with Gasteiger partial charge in [0.1, 0.15) is 5.82 Å². The van der Waals surface area contributed by atoms with Crippen molar-refractivity contribution in [1.29, 1.82) is 0 Å². The van der Waals surface area contributed by atoms with Crippen LogP contribution in [0.1, 0.15) is 18.5 Å². The third-order valence-corrected chi connectivity index (χ3v) is 3.64. The predicted molar refractivity (Wildman–Crippen MR) is 72.3 cm³/mol. The maximum atomic E-state index is 13.4. The monoisotopic (exact) mass is 279 g/mol. The van der Waals surface area contributed by atoms with E-state index in [0.717, 1.165) is 5.56 Å². The Kier molecular flexibility index (Phi) is 4.57. The zero-order chi connectivity index (χ0) is 13.7. The molecule has 1 atom stereocenters. The molecule has 2 N–H and O–H groups in total. The lowest BCUT2D eigenvalue weighted by molar-refractivity contribution is -0.119. The van der Waals surface area contributed by atoms with E-state index in [0.29, 0.717) is 4.90 Å². The van der Waals surface area contributed by atoms with Crippen LogP contribution in [0, 0.1) is 5.82 Å². The van der Waals surface area contributed by atoms with Gasteiger partial charge in [0.25, 0.3) is 0 Å². The molecule has 0 radical (unpaired) electrons. The molecule has 0 aliphatic heterocycles. The molecule has 1 aromatic heterocycles. The first kappa shape index (κ1) is 13.6. The van der Waals surface area contributed by atoms with Gasteiger partial charge < -0.3 is 5.32 Å². The summed E-state index contributed by atoms with van der Waals surface area (Å²) < 4.78 is 13.4. The van der Waals surface area contributed by atoms with E-state index in [1.54, 1.807) is 30.6 Å². The van der Waals surface area contributed by atoms with Crippen LogP contribution in [-0.4, -0.2) is 21.9 Å². The lowest BCUT2D eigenvalue weighted by Crippen LogP contribution is -2.27. The fourth-order valence-corrected chi connectivity index (χ4v) is 2.32. The molecule has 1 aromatic carbocycles. The molecule has 0 saturated heterocycles. The molecule has 0 bridgehead atoms. The van der Waals surface area contributed by atoms with Crippen LogP contribution in [-0.2, 0) is 4.79 Å². The number of carbonyl (C=O) groups is 1. The first-order valence-corrected chi connectivity index (χ1v) is 6.80. The summed E-state index contributed by atoms with van der Waals surface area (Å²) in [6, 6.07) is 6.30. The summed E-state index contributed by atoms with van der Waals surface area (Å²) in [5.41, 5.74) is 0.907. The van der Waals surface area contributed by atoms with Crippen LogP contribution in [0.5, 0.6) is 0 Å². The largest absolute Gasteiger partial charge is 0.349 e. The quantitative estimate of drug-likeness (QED) is 0.827. The third kappa shape index (κ3) is 3.82. The van der Waals surface area contributed by atoms with Crippen molar-refractivity contribution in [2.24, 2.45) is 0 Å². The molecule has 2 aromatic rings. The fourth-order valence-electron chi connectivity index (χ4n) is 1.57. The van der Waals surface area contributed by atoms with E-state index in [9.17, 15) is 9.18 Å². The number of carbonyl (C=O) groups excluding carboxylic acids is 1. The molecule has 0 aliphatic rings. The normalized spacial score (nSPS) is 12.1. The smallest absolute Gasteiger partial charge is 0.230 e. The molecule has 6 heteroatoms. The van der Waals surface area contributed by atoms with Crippen LogP contribution < -0.4 is 5.32 Å². The van der Waals surface area contributed by atoms with Crippen molar-refractivity contribution in [1.82, 2.24) is 15.5 Å². The highest BCUT2D eigenvalue weighted by molar-refractivity contribution is 8.00. The third-order valence-electron chi connectivity index (χ3n) is 2.59. The van der Waals surface area contributed by atoms with Gasteiger partial charge in [0.05, 0.1) is 18.0 Å². The Morgan fingerprint density at radius 2 is 2.32 bits per heavy atom. The summed E-state index contributed by atoms with van der Waals surface area (Å²) in [4.78, 5) is 12.2. The SMILES string of the molecule is CC(NC(=O)CSc1ccccc1F)c1cn[nH]c1. The Balaban J connectivity index is 1.84. The standard InChI is InChI=1S/C13H14FN3OS/c1-9(10-6-15-16-7-10)17-13(18)8-19-12-5-3-2-4-11(12)14/h2-7,9H,8H2,1H3,(H,15,16)(H,17,18). The molecular weight excluding hydrogens is 265 g/mol. The van der Waals surface area contributed by atoms with E-state index in [-0.39, 0.29) is 23.5 Å². The Hall–Kier alpha value is -1.82. The number of halogens is 1. The van der Waals surface area contributed by atoms with Crippen molar-refractivity contribution in [3.63, 3.8) is 0 Å². The summed E-state index contributed by atoms with van der Waals surface area (Å²) in [5, 5.41) is 9.35. The van der Waals surface area contributed by atoms with Crippen LogP contribution in [0.3, 0.4) is 0 Å². The number of benzene rings is 1. The van der Waals surface area contributed by atoms with Gasteiger partial charge in [-0.2, -0.15) is 5.10 Å². The molecule has 0 saturated carbocycles. The number of nitrogens with zero attached hydrogens (tertiary/aromatic N) is 1. The van der Waals surface area contributed by atoms with E-state index < -0.39 is 0 Å². The van der Waals surface area contributed by atoms with Gasteiger partial charge in [0.2, 0.25) is 5.91 Å². The number of rotatable bonds is 5. The van der Waals surface area contributed by atoms with Crippen molar-refractivity contribution in [2.75, 3.05) is 5.75 Å². The van der Waals surface area contributed by atoms with Crippen LogP contribution in [0.2, 0.25) is 0 Å². The second-order valence-corrected chi connectivity index (χ2v) is 5.06. The lowest BCUT2D eigenvalue weighted by Gasteiger charge is -2.11. The van der Waals surface area contributed by atoms with E-state index in [1.165, 1.54) is 17.8 Å². The molecule has 1 amide bonds. The molecule has 100 valence electrons. The van der Waals surface area contributed by atoms with Gasteiger partial charge in [0.15, 0.2) is 0 Å². The minimum atomic E-state index is -0.303. The number of hydrogen-bond donors (Lipinski definition) is 2. The second kappa shape index (κ2) is 6.38. The lowest BCUT2D eigenvalue weighted by atomic mass is 10.2. The van der Waals surface area contributed by atoms with Crippen molar-refractivity contribution in [3.05, 3.63) is 48.0 Å². The molecule has 2 rings (SSSR count). The topological polar surface area (TPSA) is 57.8 Å². The highest BCUT2D eigenvalue weighted by Crippen LogP contribution is 2.21. The molecule has 0 spiro atoms. The van der Waals surface area contributed by atoms with E-state index >= 15 is 0 Å². The number of H-pyrrole nitrogens is 1. The van der Waals surface area contributed by atoms with Gasteiger partial charge in [-0.25, -0.2) is 4.39 Å². The number of aromatic nitrogens is 2. The molecular formula is C13H14FN3OS. The van der Waals surface area contributed by atoms with Crippen molar-refractivity contribution in [3.8, 4) is 0 Å². The Bertz CT molecular complexity index is 545. The highest BCUT2D eigenvalue weighted by Gasteiger charge is 2.11. The second-order valence-electron chi connectivity index (χ2n) is 4.04. The van der Waals surface area contributed by atoms with Crippen LogP contribution in [0.4, 0.5) is 4.39 Å². The average Bonchev–Trinajstić information content (AvgIpc) is 2.91. The van der Waals surface area contributed by atoms with Crippen molar-refractivity contribution in [2.45, 2.75) is 17.9 Å². The van der Waals surface area contributed by atoms with Gasteiger partial charge in [0, 0.05) is 16.7 Å². The van der Waals surface area contributed by atoms with Gasteiger partial charge in [-0.3, -0.25) is 9.89 Å². The average molecular weight is 279 g/mol. The number of nitrogens with one attached hydrogen (secondary N) is 2. The number of thioether (sulfide) groups is 1. The maximum Gasteiger partial charge on any atom is 0.230 e. The number of amides is 1. The van der Waals surface area contributed by atoms with Gasteiger partial charge >= 0.3 is 0 Å². The summed E-state index contributed by atoms with van der Waals surface area (Å²) in [5.74, 6) is -0.256. The molecule has 1 unspecified atom stereocenters. The first-order chi connectivity index (χ1) is 9.16.